The number of carbonyl (C=O) groups is 4. The predicted octanol–water partition coefficient (Wildman–Crippen LogP) is 2.79. The molecular formula is C33H54N2O13. The second-order valence-electron chi connectivity index (χ2n) is 14.0. The lowest BCUT2D eigenvalue weighted by Crippen LogP contribution is -2.59. The van der Waals surface area contributed by atoms with Crippen molar-refractivity contribution in [2.75, 3.05) is 27.8 Å². The van der Waals surface area contributed by atoms with E-state index in [4.69, 9.17) is 33.3 Å². The van der Waals surface area contributed by atoms with Crippen LogP contribution in [0.2, 0.25) is 0 Å². The van der Waals surface area contributed by atoms with Gasteiger partial charge in [-0.15, -0.1) is 0 Å². The number of hydrogen-bond acceptors (Lipinski definition) is 14. The Morgan fingerprint density at radius 3 is 2.27 bits per heavy atom. The van der Waals surface area contributed by atoms with Gasteiger partial charge in [-0.3, -0.25) is 9.59 Å². The van der Waals surface area contributed by atoms with E-state index in [-0.39, 0.29) is 25.0 Å². The van der Waals surface area contributed by atoms with Crippen molar-refractivity contribution in [3.05, 3.63) is 0 Å². The molecule has 0 aliphatic carbocycles. The number of aliphatic hydroxyl groups excluding tert-OH is 1. The standard InChI is InChI=1S/C33H54N2O13/c1-12-22-33(8)28(47-31(41)48-33)18(4)24(34-43-15-23(36)37)16(2)14-32(7,42-11)27(19(5)25(38)20(6)29(40)45-22)46-30-26(39)21(35(9)10)13-17(3)44-30/h16-22,26-28,30,39H,12-15H2,1-11H3,(H,36,37)/b34-24+/t16-,17-,18-,19+,20-,21+,22+,26-,27-,28-,30+,32+,33-/m1/s1. The third-order valence-electron chi connectivity index (χ3n) is 10.2. The SMILES string of the molecule is CC[C@@H]1OC(=O)[C@H](C)C(=O)[C@H](C)[C@@H](O[C@@H]2O[C@H](C)C[C@H](N(C)C)[C@H]2O)[C@@](C)(OC)C[C@@H](C)/C(=N\OCC(=O)O)[C@@H](C)[C@H]2OC(=O)O[C@]12C. The van der Waals surface area contributed by atoms with E-state index in [9.17, 15) is 29.4 Å². The van der Waals surface area contributed by atoms with Crippen molar-refractivity contribution in [1.29, 1.82) is 0 Å². The topological polar surface area (TPSA) is 189 Å². The van der Waals surface area contributed by atoms with Crippen LogP contribution >= 0.6 is 0 Å². The maximum atomic E-state index is 14.1. The highest BCUT2D eigenvalue weighted by molar-refractivity contribution is 6.00. The lowest BCUT2D eigenvalue weighted by molar-refractivity contribution is -0.295. The molecule has 15 heteroatoms. The Hall–Kier alpha value is -2.85. The highest BCUT2D eigenvalue weighted by atomic mass is 16.8. The number of ether oxygens (including phenoxy) is 6. The Morgan fingerprint density at radius 2 is 1.71 bits per heavy atom. The minimum absolute atomic E-state index is 0.134. The number of carbonyl (C=O) groups excluding carboxylic acids is 3. The molecule has 0 bridgehead atoms. The Kier molecular flexibility index (Phi) is 13.0. The molecule has 3 rings (SSSR count). The van der Waals surface area contributed by atoms with Gasteiger partial charge in [0.2, 0.25) is 6.61 Å². The number of likely N-dealkylation sites (N-methyl/N-ethyl adjacent to an activating group) is 1. The zero-order valence-corrected chi connectivity index (χ0v) is 30.0. The summed E-state index contributed by atoms with van der Waals surface area (Å²) in [7, 11) is 5.16. The number of fused-ring (bicyclic) bond motifs is 1. The quantitative estimate of drug-likeness (QED) is 0.215. The third kappa shape index (κ3) is 8.29. The molecule has 0 radical (unpaired) electrons. The predicted molar refractivity (Wildman–Crippen MR) is 170 cm³/mol. The van der Waals surface area contributed by atoms with Gasteiger partial charge < -0.3 is 48.4 Å². The van der Waals surface area contributed by atoms with E-state index in [1.165, 1.54) is 14.0 Å². The maximum Gasteiger partial charge on any atom is 0.509 e. The molecule has 15 nitrogen and oxygen atoms in total. The largest absolute Gasteiger partial charge is 0.509 e. The van der Waals surface area contributed by atoms with E-state index in [1.54, 1.807) is 34.6 Å². The van der Waals surface area contributed by atoms with Crippen molar-refractivity contribution < 1.29 is 62.6 Å². The number of aliphatic carboxylic acids is 1. The van der Waals surface area contributed by atoms with Crippen molar-refractivity contribution in [2.45, 2.75) is 129 Å². The van der Waals surface area contributed by atoms with Crippen LogP contribution in [-0.2, 0) is 47.6 Å². The van der Waals surface area contributed by atoms with E-state index >= 15 is 0 Å². The lowest BCUT2D eigenvalue weighted by Gasteiger charge is -2.47. The molecule has 0 amide bonds. The third-order valence-corrected chi connectivity index (χ3v) is 10.2. The van der Waals surface area contributed by atoms with Crippen molar-refractivity contribution in [3.63, 3.8) is 0 Å². The van der Waals surface area contributed by atoms with Crippen LogP contribution < -0.4 is 0 Å². The van der Waals surface area contributed by atoms with Gasteiger partial charge in [0.15, 0.2) is 23.8 Å². The van der Waals surface area contributed by atoms with Crippen LogP contribution in [0, 0.1) is 23.7 Å². The zero-order valence-electron chi connectivity index (χ0n) is 30.0. The minimum Gasteiger partial charge on any atom is -0.479 e. The number of rotatable bonds is 8. The summed E-state index contributed by atoms with van der Waals surface area (Å²) in [5, 5.41) is 24.8. The van der Waals surface area contributed by atoms with Gasteiger partial charge in [0.05, 0.1) is 23.5 Å². The summed E-state index contributed by atoms with van der Waals surface area (Å²) in [5.74, 6) is -6.07. The number of aliphatic hydroxyl groups is 1. The summed E-state index contributed by atoms with van der Waals surface area (Å²) in [6.45, 7) is 12.8. The van der Waals surface area contributed by atoms with Gasteiger partial charge in [0.1, 0.15) is 18.1 Å². The Morgan fingerprint density at radius 1 is 1.06 bits per heavy atom. The molecule has 274 valence electrons. The number of Topliss-reactive ketones (excluding diaryl/α,β-unsaturated/α-hetero) is 1. The lowest BCUT2D eigenvalue weighted by atomic mass is 9.74. The summed E-state index contributed by atoms with van der Waals surface area (Å²) in [5.41, 5.74) is -2.46. The zero-order chi connectivity index (χ0) is 36.3. The Balaban J connectivity index is 2.18. The maximum absolute atomic E-state index is 14.1. The fourth-order valence-electron chi connectivity index (χ4n) is 7.39. The fraction of sp³-hybridized carbons (Fsp3) is 0.848. The second kappa shape index (κ2) is 15.8. The van der Waals surface area contributed by atoms with E-state index in [0.29, 0.717) is 12.1 Å². The first-order valence-corrected chi connectivity index (χ1v) is 16.6. The van der Waals surface area contributed by atoms with Crippen molar-refractivity contribution in [1.82, 2.24) is 4.90 Å². The summed E-state index contributed by atoms with van der Waals surface area (Å²) < 4.78 is 36.0. The van der Waals surface area contributed by atoms with E-state index in [0.717, 1.165) is 0 Å². The van der Waals surface area contributed by atoms with Crippen molar-refractivity contribution in [2.24, 2.45) is 28.8 Å². The molecule has 3 aliphatic heterocycles. The normalized spacial score (nSPS) is 42.4. The summed E-state index contributed by atoms with van der Waals surface area (Å²) in [4.78, 5) is 58.8. The van der Waals surface area contributed by atoms with Crippen LogP contribution in [0.5, 0.6) is 0 Å². The number of carboxylic acid groups (broad SMARTS) is 1. The second-order valence-corrected chi connectivity index (χ2v) is 14.0. The van der Waals surface area contributed by atoms with Crippen LogP contribution in [0.15, 0.2) is 5.16 Å². The first-order chi connectivity index (χ1) is 22.3. The van der Waals surface area contributed by atoms with Gasteiger partial charge in [0, 0.05) is 30.9 Å². The highest BCUT2D eigenvalue weighted by Crippen LogP contribution is 2.42. The van der Waals surface area contributed by atoms with Gasteiger partial charge in [-0.05, 0) is 61.1 Å². The van der Waals surface area contributed by atoms with Crippen LogP contribution in [-0.4, -0.2) is 127 Å². The first-order valence-electron chi connectivity index (χ1n) is 16.6. The number of cyclic esters (lactones) is 1. The number of esters is 1. The summed E-state index contributed by atoms with van der Waals surface area (Å²) in [6.07, 6.45) is -5.69. The molecule has 0 spiro atoms. The summed E-state index contributed by atoms with van der Waals surface area (Å²) in [6, 6.07) is -0.299. The number of nitrogens with zero attached hydrogens (tertiary/aromatic N) is 2. The van der Waals surface area contributed by atoms with Crippen LogP contribution in [0.3, 0.4) is 0 Å². The van der Waals surface area contributed by atoms with Crippen LogP contribution in [0.25, 0.3) is 0 Å². The number of ketones is 1. The fourth-order valence-corrected chi connectivity index (χ4v) is 7.39. The first kappa shape index (κ1) is 39.6. The molecule has 0 unspecified atom stereocenters. The van der Waals surface area contributed by atoms with Gasteiger partial charge in [-0.1, -0.05) is 32.9 Å². The van der Waals surface area contributed by atoms with Crippen LogP contribution in [0.1, 0.15) is 74.7 Å². The average molecular weight is 687 g/mol. The van der Waals surface area contributed by atoms with Gasteiger partial charge in [-0.2, -0.15) is 0 Å². The number of carboxylic acids is 1. The van der Waals surface area contributed by atoms with Gasteiger partial charge in [-0.25, -0.2) is 9.59 Å². The molecule has 0 aromatic rings. The van der Waals surface area contributed by atoms with Crippen molar-refractivity contribution >= 4 is 29.6 Å². The number of hydrogen-bond donors (Lipinski definition) is 2. The van der Waals surface area contributed by atoms with E-state index in [1.807, 2.05) is 32.8 Å². The molecule has 3 aliphatic rings. The molecule has 48 heavy (non-hydrogen) atoms. The minimum atomic E-state index is -1.49. The average Bonchev–Trinajstić information content (AvgIpc) is 3.33. The molecule has 0 aromatic heterocycles. The highest BCUT2D eigenvalue weighted by Gasteiger charge is 2.58. The molecular weight excluding hydrogens is 632 g/mol. The molecule has 13 atom stereocenters. The van der Waals surface area contributed by atoms with Crippen molar-refractivity contribution in [3.8, 4) is 0 Å². The molecule has 0 aromatic carbocycles. The van der Waals surface area contributed by atoms with E-state index < -0.39 is 96.1 Å². The van der Waals surface area contributed by atoms with Crippen LogP contribution in [0.4, 0.5) is 4.79 Å². The van der Waals surface area contributed by atoms with E-state index in [2.05, 4.69) is 5.16 Å². The molecule has 3 heterocycles. The molecule has 0 saturated carbocycles. The molecule has 3 saturated heterocycles. The molecule has 3 fully saturated rings. The Labute approximate surface area is 282 Å². The number of oxime groups is 1. The monoisotopic (exact) mass is 686 g/mol. The van der Waals surface area contributed by atoms with Gasteiger partial charge in [0.25, 0.3) is 0 Å². The summed E-state index contributed by atoms with van der Waals surface area (Å²) >= 11 is 0. The van der Waals surface area contributed by atoms with Gasteiger partial charge >= 0.3 is 18.1 Å². The smallest absolute Gasteiger partial charge is 0.479 e. The Bertz CT molecular complexity index is 1210. The number of methoxy groups -OCH3 is 1. The molecule has 2 N–H and O–H groups in total.